The minimum atomic E-state index is -0.00347. The molecule has 1 N–H and O–H groups in total. The molecule has 0 spiro atoms. The third-order valence-electron chi connectivity index (χ3n) is 3.95. The predicted molar refractivity (Wildman–Crippen MR) is 79.2 cm³/mol. The van der Waals surface area contributed by atoms with E-state index < -0.39 is 0 Å². The Morgan fingerprint density at radius 2 is 2.38 bits per heavy atom. The summed E-state index contributed by atoms with van der Waals surface area (Å²) >= 11 is 0. The fraction of sp³-hybridized carbons (Fsp3) is 0.733. The van der Waals surface area contributed by atoms with Crippen molar-refractivity contribution in [1.82, 2.24) is 15.4 Å². The monoisotopic (exact) mass is 295 g/mol. The molecule has 1 saturated heterocycles. The number of hydrogen-bond acceptors (Lipinski definition) is 4. The summed E-state index contributed by atoms with van der Waals surface area (Å²) in [5, 5.41) is 7.03. The molecule has 2 heterocycles. The first-order valence-electron chi connectivity index (χ1n) is 7.67. The van der Waals surface area contributed by atoms with Crippen molar-refractivity contribution >= 4 is 6.03 Å². The molecule has 21 heavy (non-hydrogen) atoms. The molecule has 1 atom stereocenters. The van der Waals surface area contributed by atoms with Crippen molar-refractivity contribution in [2.45, 2.75) is 45.6 Å². The first kappa shape index (κ1) is 15.8. The van der Waals surface area contributed by atoms with Crippen LogP contribution in [-0.2, 0) is 11.2 Å². The summed E-state index contributed by atoms with van der Waals surface area (Å²) in [6.07, 6.45) is 3.62. The van der Waals surface area contributed by atoms with E-state index in [-0.39, 0.29) is 12.1 Å². The van der Waals surface area contributed by atoms with Gasteiger partial charge in [0.1, 0.15) is 5.76 Å². The molecule has 1 aliphatic heterocycles. The number of nitrogens with zero attached hydrogens (tertiary/aromatic N) is 2. The number of nitrogens with one attached hydrogen (secondary N) is 1. The minimum absolute atomic E-state index is 0.00347. The number of likely N-dealkylation sites (tertiary alicyclic amines) is 1. The van der Waals surface area contributed by atoms with Gasteiger partial charge in [-0.25, -0.2) is 4.79 Å². The second-order valence-electron chi connectivity index (χ2n) is 5.39. The Labute approximate surface area is 125 Å². The highest BCUT2D eigenvalue weighted by Crippen LogP contribution is 2.35. The predicted octanol–water partition coefficient (Wildman–Crippen LogP) is 2.43. The molecule has 0 aromatic carbocycles. The van der Waals surface area contributed by atoms with E-state index in [0.717, 1.165) is 49.2 Å². The fourth-order valence-corrected chi connectivity index (χ4v) is 2.93. The van der Waals surface area contributed by atoms with Crippen molar-refractivity contribution in [2.24, 2.45) is 0 Å². The van der Waals surface area contributed by atoms with Crippen molar-refractivity contribution in [3.05, 3.63) is 17.0 Å². The van der Waals surface area contributed by atoms with Gasteiger partial charge in [-0.15, -0.1) is 0 Å². The average molecular weight is 295 g/mol. The van der Waals surface area contributed by atoms with Crippen LogP contribution in [0.2, 0.25) is 0 Å². The molecule has 0 aliphatic carbocycles. The summed E-state index contributed by atoms with van der Waals surface area (Å²) < 4.78 is 10.4. The Hall–Kier alpha value is -1.56. The van der Waals surface area contributed by atoms with E-state index in [0.29, 0.717) is 13.2 Å². The van der Waals surface area contributed by atoms with Crippen LogP contribution in [0.15, 0.2) is 4.52 Å². The number of carbonyl (C=O) groups is 1. The van der Waals surface area contributed by atoms with E-state index in [1.54, 1.807) is 7.11 Å². The van der Waals surface area contributed by atoms with Crippen LogP contribution in [0.5, 0.6) is 0 Å². The zero-order valence-electron chi connectivity index (χ0n) is 13.1. The van der Waals surface area contributed by atoms with E-state index in [1.807, 2.05) is 18.7 Å². The second kappa shape index (κ2) is 7.45. The van der Waals surface area contributed by atoms with Gasteiger partial charge in [-0.05, 0) is 26.2 Å². The quantitative estimate of drug-likeness (QED) is 0.818. The van der Waals surface area contributed by atoms with Gasteiger partial charge in [-0.1, -0.05) is 12.1 Å². The van der Waals surface area contributed by atoms with E-state index in [1.165, 1.54) is 0 Å². The number of carbonyl (C=O) groups excluding carboxylic acids is 1. The SMILES string of the molecule is CCc1onc(C)c1[C@H]1CCCN1C(=O)NCCCOC. The summed E-state index contributed by atoms with van der Waals surface area (Å²) in [6, 6.07) is 0.0879. The van der Waals surface area contributed by atoms with E-state index in [2.05, 4.69) is 10.5 Å². The van der Waals surface area contributed by atoms with Gasteiger partial charge in [-0.2, -0.15) is 0 Å². The molecule has 0 unspecified atom stereocenters. The lowest BCUT2D eigenvalue weighted by molar-refractivity contribution is 0.182. The Bertz CT molecular complexity index is 473. The summed E-state index contributed by atoms with van der Waals surface area (Å²) in [6.45, 7) is 6.08. The van der Waals surface area contributed by atoms with Crippen molar-refractivity contribution < 1.29 is 14.1 Å². The molecule has 1 aromatic heterocycles. The number of urea groups is 1. The highest BCUT2D eigenvalue weighted by atomic mass is 16.5. The molecule has 2 amide bonds. The molecule has 118 valence electrons. The molecule has 1 aromatic rings. The summed E-state index contributed by atoms with van der Waals surface area (Å²) in [5.41, 5.74) is 2.00. The van der Waals surface area contributed by atoms with Crippen molar-refractivity contribution in [3.63, 3.8) is 0 Å². The number of methoxy groups -OCH3 is 1. The van der Waals surface area contributed by atoms with Crippen molar-refractivity contribution in [3.8, 4) is 0 Å². The van der Waals surface area contributed by atoms with Gasteiger partial charge in [0, 0.05) is 38.8 Å². The highest BCUT2D eigenvalue weighted by molar-refractivity contribution is 5.75. The maximum atomic E-state index is 12.3. The van der Waals surface area contributed by atoms with E-state index in [4.69, 9.17) is 9.26 Å². The molecule has 0 saturated carbocycles. The Morgan fingerprint density at radius 1 is 1.57 bits per heavy atom. The first-order chi connectivity index (χ1) is 10.2. The zero-order chi connectivity index (χ0) is 15.2. The molecule has 0 radical (unpaired) electrons. The maximum absolute atomic E-state index is 12.3. The Balaban J connectivity index is 2.02. The summed E-state index contributed by atoms with van der Waals surface area (Å²) in [5.74, 6) is 0.900. The van der Waals surface area contributed by atoms with Crippen LogP contribution in [0.4, 0.5) is 4.79 Å². The van der Waals surface area contributed by atoms with Crippen LogP contribution in [-0.4, -0.2) is 42.9 Å². The van der Waals surface area contributed by atoms with E-state index in [9.17, 15) is 4.79 Å². The number of aryl methyl sites for hydroxylation is 2. The fourth-order valence-electron chi connectivity index (χ4n) is 2.93. The third kappa shape index (κ3) is 3.56. The van der Waals surface area contributed by atoms with Crippen LogP contribution in [0.3, 0.4) is 0 Å². The molecule has 0 bridgehead atoms. The minimum Gasteiger partial charge on any atom is -0.385 e. The van der Waals surface area contributed by atoms with E-state index >= 15 is 0 Å². The smallest absolute Gasteiger partial charge is 0.317 e. The van der Waals surface area contributed by atoms with Crippen LogP contribution in [0, 0.1) is 6.92 Å². The lowest BCUT2D eigenvalue weighted by Gasteiger charge is -2.25. The number of rotatable bonds is 6. The van der Waals surface area contributed by atoms with Crippen LogP contribution < -0.4 is 5.32 Å². The zero-order valence-corrected chi connectivity index (χ0v) is 13.1. The standard InChI is InChI=1S/C15H25N3O3/c1-4-13-14(11(2)17-21-13)12-7-5-9-18(12)15(19)16-8-6-10-20-3/h12H,4-10H2,1-3H3,(H,16,19)/t12-/m1/s1. The van der Waals surface area contributed by atoms with Crippen molar-refractivity contribution in [2.75, 3.05) is 26.8 Å². The largest absolute Gasteiger partial charge is 0.385 e. The molecular weight excluding hydrogens is 270 g/mol. The van der Waals surface area contributed by atoms with Gasteiger partial charge in [0.2, 0.25) is 0 Å². The molecule has 1 aliphatic rings. The Kier molecular flexibility index (Phi) is 5.61. The molecular formula is C15H25N3O3. The normalized spacial score (nSPS) is 18.2. The maximum Gasteiger partial charge on any atom is 0.317 e. The van der Waals surface area contributed by atoms with Crippen LogP contribution in [0.1, 0.15) is 49.2 Å². The number of amides is 2. The van der Waals surface area contributed by atoms with Gasteiger partial charge in [0.05, 0.1) is 11.7 Å². The van der Waals surface area contributed by atoms with Gasteiger partial charge in [-0.3, -0.25) is 0 Å². The summed E-state index contributed by atoms with van der Waals surface area (Å²) in [4.78, 5) is 14.3. The Morgan fingerprint density at radius 3 is 3.10 bits per heavy atom. The topological polar surface area (TPSA) is 67.6 Å². The van der Waals surface area contributed by atoms with Gasteiger partial charge in [0.25, 0.3) is 0 Å². The highest BCUT2D eigenvalue weighted by Gasteiger charge is 2.34. The van der Waals surface area contributed by atoms with Crippen LogP contribution >= 0.6 is 0 Å². The molecule has 2 rings (SSSR count). The van der Waals surface area contributed by atoms with Crippen molar-refractivity contribution in [1.29, 1.82) is 0 Å². The lowest BCUT2D eigenvalue weighted by Crippen LogP contribution is -2.40. The number of aromatic nitrogens is 1. The van der Waals surface area contributed by atoms with Gasteiger partial charge >= 0.3 is 6.03 Å². The number of ether oxygens (including phenoxy) is 1. The van der Waals surface area contributed by atoms with Gasteiger partial charge < -0.3 is 19.5 Å². The number of hydrogen-bond donors (Lipinski definition) is 1. The first-order valence-corrected chi connectivity index (χ1v) is 7.67. The third-order valence-corrected chi connectivity index (χ3v) is 3.95. The molecule has 6 heteroatoms. The van der Waals surface area contributed by atoms with Gasteiger partial charge in [0.15, 0.2) is 0 Å². The molecule has 1 fully saturated rings. The second-order valence-corrected chi connectivity index (χ2v) is 5.39. The summed E-state index contributed by atoms with van der Waals surface area (Å²) in [7, 11) is 1.67. The molecule has 6 nitrogen and oxygen atoms in total. The van der Waals surface area contributed by atoms with Crippen LogP contribution in [0.25, 0.3) is 0 Å². The average Bonchev–Trinajstić information content (AvgIpc) is 3.09. The lowest BCUT2D eigenvalue weighted by atomic mass is 10.0.